The third kappa shape index (κ3) is 5.76. The molecule has 0 fully saturated rings. The molecule has 3 nitrogen and oxygen atoms in total. The van der Waals surface area contributed by atoms with Crippen LogP contribution in [-0.4, -0.2) is 21.4 Å². The van der Waals surface area contributed by atoms with E-state index in [1.165, 1.54) is 11.3 Å². The van der Waals surface area contributed by atoms with Crippen LogP contribution in [0.5, 0.6) is 0 Å². The smallest absolute Gasteiger partial charge is 0.223 e. The quantitative estimate of drug-likeness (QED) is 0.518. The molecule has 0 unspecified atom stereocenters. The van der Waals surface area contributed by atoms with Crippen LogP contribution in [-0.2, 0) is 17.9 Å². The van der Waals surface area contributed by atoms with Gasteiger partial charge in [0.25, 0.3) is 0 Å². The van der Waals surface area contributed by atoms with Crippen LogP contribution >= 0.6 is 0 Å². The van der Waals surface area contributed by atoms with Gasteiger partial charge in [0.1, 0.15) is 0 Å². The van der Waals surface area contributed by atoms with E-state index in [-0.39, 0.29) is 11.9 Å². The fourth-order valence-corrected chi connectivity index (χ4v) is 3.19. The third-order valence-electron chi connectivity index (χ3n) is 5.22. The summed E-state index contributed by atoms with van der Waals surface area (Å²) in [4.78, 5) is 15.0. The van der Waals surface area contributed by atoms with Crippen molar-refractivity contribution in [2.24, 2.45) is 5.92 Å². The molecule has 0 aliphatic rings. The molecule has 1 atom stereocenters. The van der Waals surface area contributed by atoms with Crippen LogP contribution in [0.4, 0.5) is 0 Å². The van der Waals surface area contributed by atoms with Crippen LogP contribution in [0.3, 0.4) is 0 Å². The summed E-state index contributed by atoms with van der Waals surface area (Å²) in [5.74, 6) is 0.731. The maximum absolute atomic E-state index is 12.9. The molecular weight excluding hydrogens is 320 g/mol. The van der Waals surface area contributed by atoms with Crippen molar-refractivity contribution in [2.75, 3.05) is 0 Å². The Labute approximate surface area is 159 Å². The molecule has 26 heavy (non-hydrogen) atoms. The molecule has 0 bridgehead atoms. The lowest BCUT2D eigenvalue weighted by Crippen LogP contribution is -2.41. The van der Waals surface area contributed by atoms with Gasteiger partial charge in [-0.15, -0.1) is 0 Å². The molecule has 1 aromatic carbocycles. The number of hydrogen-bond acceptors (Lipinski definition) is 1. The average molecular weight is 355 g/mol. The van der Waals surface area contributed by atoms with Crippen molar-refractivity contribution in [3.05, 3.63) is 59.9 Å². The van der Waals surface area contributed by atoms with E-state index in [4.69, 9.17) is 0 Å². The second-order valence-electron chi connectivity index (χ2n) is 7.58. The SMILES string of the molecule is CCCCCC(=O)N(Cc1cccn1Cc1ccccc1)[C@@H](C)C(C)C. The average Bonchev–Trinajstić information content (AvgIpc) is 3.06. The summed E-state index contributed by atoms with van der Waals surface area (Å²) in [6.45, 7) is 10.3. The fraction of sp³-hybridized carbons (Fsp3) is 0.522. The predicted octanol–water partition coefficient (Wildman–Crippen LogP) is 5.49. The van der Waals surface area contributed by atoms with Gasteiger partial charge in [-0.05, 0) is 37.0 Å². The van der Waals surface area contributed by atoms with Crippen LogP contribution in [0.1, 0.15) is 64.6 Å². The Morgan fingerprint density at radius 2 is 1.77 bits per heavy atom. The number of rotatable bonds is 10. The van der Waals surface area contributed by atoms with E-state index in [2.05, 4.69) is 79.8 Å². The van der Waals surface area contributed by atoms with Gasteiger partial charge >= 0.3 is 0 Å². The van der Waals surface area contributed by atoms with Gasteiger partial charge in [0.2, 0.25) is 5.91 Å². The first-order valence-electron chi connectivity index (χ1n) is 10.00. The molecule has 0 aliphatic carbocycles. The van der Waals surface area contributed by atoms with Crippen LogP contribution < -0.4 is 0 Å². The van der Waals surface area contributed by atoms with Crippen molar-refractivity contribution in [2.45, 2.75) is 72.5 Å². The summed E-state index contributed by atoms with van der Waals surface area (Å²) < 4.78 is 2.26. The highest BCUT2D eigenvalue weighted by Crippen LogP contribution is 2.18. The Hall–Kier alpha value is -2.03. The van der Waals surface area contributed by atoms with Crippen molar-refractivity contribution in [3.63, 3.8) is 0 Å². The maximum atomic E-state index is 12.9. The minimum Gasteiger partial charge on any atom is -0.345 e. The number of carbonyl (C=O) groups is 1. The fourth-order valence-electron chi connectivity index (χ4n) is 3.19. The second kappa shape index (κ2) is 10.2. The Morgan fingerprint density at radius 3 is 2.42 bits per heavy atom. The van der Waals surface area contributed by atoms with Crippen LogP contribution in [0.15, 0.2) is 48.7 Å². The van der Waals surface area contributed by atoms with Gasteiger partial charge in [0.15, 0.2) is 0 Å². The molecule has 1 aromatic heterocycles. The first-order valence-corrected chi connectivity index (χ1v) is 10.00. The van der Waals surface area contributed by atoms with E-state index in [0.717, 1.165) is 25.8 Å². The molecule has 3 heteroatoms. The first-order chi connectivity index (χ1) is 12.5. The van der Waals surface area contributed by atoms with Crippen LogP contribution in [0, 0.1) is 5.92 Å². The minimum absolute atomic E-state index is 0.240. The van der Waals surface area contributed by atoms with E-state index in [1.54, 1.807) is 0 Å². The van der Waals surface area contributed by atoms with E-state index < -0.39 is 0 Å². The Bertz CT molecular complexity index is 660. The summed E-state index contributed by atoms with van der Waals surface area (Å²) >= 11 is 0. The van der Waals surface area contributed by atoms with E-state index in [0.29, 0.717) is 18.9 Å². The van der Waals surface area contributed by atoms with Gasteiger partial charge in [-0.25, -0.2) is 0 Å². The van der Waals surface area contributed by atoms with Crippen molar-refractivity contribution >= 4 is 5.91 Å². The Kier molecular flexibility index (Phi) is 7.96. The number of amides is 1. The number of hydrogen-bond donors (Lipinski definition) is 0. The third-order valence-corrected chi connectivity index (χ3v) is 5.22. The lowest BCUT2D eigenvalue weighted by Gasteiger charge is -2.32. The summed E-state index contributed by atoms with van der Waals surface area (Å²) in [5.41, 5.74) is 2.48. The van der Waals surface area contributed by atoms with Crippen molar-refractivity contribution in [3.8, 4) is 0 Å². The van der Waals surface area contributed by atoms with Gasteiger partial charge in [0.05, 0.1) is 6.54 Å². The molecule has 1 heterocycles. The summed E-state index contributed by atoms with van der Waals surface area (Å²) in [5, 5.41) is 0. The number of carbonyl (C=O) groups excluding carboxylic acids is 1. The monoisotopic (exact) mass is 354 g/mol. The molecule has 142 valence electrons. The number of nitrogens with zero attached hydrogens (tertiary/aromatic N) is 2. The number of benzene rings is 1. The van der Waals surface area contributed by atoms with E-state index >= 15 is 0 Å². The zero-order chi connectivity index (χ0) is 18.9. The largest absolute Gasteiger partial charge is 0.345 e. The molecule has 0 spiro atoms. The summed E-state index contributed by atoms with van der Waals surface area (Å²) in [7, 11) is 0. The molecular formula is C23H34N2O. The van der Waals surface area contributed by atoms with Gasteiger partial charge in [-0.1, -0.05) is 63.9 Å². The van der Waals surface area contributed by atoms with Gasteiger partial charge in [0, 0.05) is 30.9 Å². The standard InChI is InChI=1S/C23H34N2O/c1-5-6-8-15-23(26)25(20(4)19(2)3)18-22-14-11-16-24(22)17-21-12-9-7-10-13-21/h7,9-14,16,19-20H,5-6,8,15,17-18H2,1-4H3/t20-/m0/s1. The number of aromatic nitrogens is 1. The van der Waals surface area contributed by atoms with Crippen LogP contribution in [0.25, 0.3) is 0 Å². The molecule has 0 saturated heterocycles. The maximum Gasteiger partial charge on any atom is 0.223 e. The van der Waals surface area contributed by atoms with Gasteiger partial charge in [-0.3, -0.25) is 4.79 Å². The predicted molar refractivity (Wildman–Crippen MR) is 109 cm³/mol. The molecule has 2 aromatic rings. The molecule has 0 N–H and O–H groups in total. The second-order valence-corrected chi connectivity index (χ2v) is 7.58. The van der Waals surface area contributed by atoms with Crippen molar-refractivity contribution < 1.29 is 4.79 Å². The molecule has 0 radical (unpaired) electrons. The normalized spacial score (nSPS) is 12.3. The first kappa shape index (κ1) is 20.3. The van der Waals surface area contributed by atoms with E-state index in [1.807, 2.05) is 6.07 Å². The van der Waals surface area contributed by atoms with Gasteiger partial charge in [-0.2, -0.15) is 0 Å². The Morgan fingerprint density at radius 1 is 1.04 bits per heavy atom. The minimum atomic E-state index is 0.240. The topological polar surface area (TPSA) is 25.2 Å². The van der Waals surface area contributed by atoms with Gasteiger partial charge < -0.3 is 9.47 Å². The lowest BCUT2D eigenvalue weighted by atomic mass is 10.0. The number of unbranched alkanes of at least 4 members (excludes halogenated alkanes) is 2. The molecule has 2 rings (SSSR count). The zero-order valence-electron chi connectivity index (χ0n) is 16.8. The highest BCUT2D eigenvalue weighted by atomic mass is 16.2. The Balaban J connectivity index is 2.12. The summed E-state index contributed by atoms with van der Waals surface area (Å²) in [6.07, 6.45) is 6.03. The highest BCUT2D eigenvalue weighted by Gasteiger charge is 2.23. The molecule has 0 aliphatic heterocycles. The molecule has 1 amide bonds. The molecule has 0 saturated carbocycles. The zero-order valence-corrected chi connectivity index (χ0v) is 16.8. The highest BCUT2D eigenvalue weighted by molar-refractivity contribution is 5.76. The lowest BCUT2D eigenvalue weighted by molar-refractivity contribution is -0.135. The van der Waals surface area contributed by atoms with E-state index in [9.17, 15) is 4.79 Å². The van der Waals surface area contributed by atoms with Crippen LogP contribution in [0.2, 0.25) is 0 Å². The van der Waals surface area contributed by atoms with Crippen molar-refractivity contribution in [1.29, 1.82) is 0 Å². The van der Waals surface area contributed by atoms with Crippen molar-refractivity contribution in [1.82, 2.24) is 9.47 Å². The summed E-state index contributed by atoms with van der Waals surface area (Å²) in [6, 6.07) is 14.9.